The van der Waals surface area contributed by atoms with Crippen LogP contribution >= 0.6 is 0 Å². The van der Waals surface area contributed by atoms with Crippen molar-refractivity contribution in [1.82, 2.24) is 9.80 Å². The van der Waals surface area contributed by atoms with Gasteiger partial charge in [-0.2, -0.15) is 0 Å². The van der Waals surface area contributed by atoms with Crippen molar-refractivity contribution in [2.45, 2.75) is 63.5 Å². The molecule has 1 saturated carbocycles. The molecule has 0 spiro atoms. The molecule has 4 rings (SSSR count). The molecule has 2 aliphatic rings. The van der Waals surface area contributed by atoms with E-state index in [9.17, 15) is 4.39 Å². The first kappa shape index (κ1) is 20.6. The SMILES string of the molecule is CCCN1CCN(Cc2ccccc2)CC1C1(c2ccc(F)cc2)CCCCC1. The third-order valence-corrected chi connectivity index (χ3v) is 7.14. The van der Waals surface area contributed by atoms with Crippen molar-refractivity contribution in [3.05, 3.63) is 71.5 Å². The summed E-state index contributed by atoms with van der Waals surface area (Å²) in [4.78, 5) is 5.39. The molecule has 1 saturated heterocycles. The fraction of sp³-hybridized carbons (Fsp3) is 0.538. The fourth-order valence-electron chi connectivity index (χ4n) is 5.72. The van der Waals surface area contributed by atoms with Crippen LogP contribution in [0.5, 0.6) is 0 Å². The standard InChI is InChI=1S/C26H35FN2/c1-2-17-29-19-18-28(20-22-9-5-3-6-10-22)21-25(29)26(15-7-4-8-16-26)23-11-13-24(27)14-12-23/h3,5-6,9-14,25H,2,4,7-8,15-21H2,1H3. The monoisotopic (exact) mass is 394 g/mol. The molecule has 0 amide bonds. The van der Waals surface area contributed by atoms with Crippen molar-refractivity contribution in [2.24, 2.45) is 0 Å². The van der Waals surface area contributed by atoms with Gasteiger partial charge in [0.2, 0.25) is 0 Å². The number of benzene rings is 2. The molecule has 29 heavy (non-hydrogen) atoms. The van der Waals surface area contributed by atoms with Gasteiger partial charge in [0.05, 0.1) is 0 Å². The summed E-state index contributed by atoms with van der Waals surface area (Å²) < 4.78 is 13.7. The Labute approximate surface area is 175 Å². The van der Waals surface area contributed by atoms with E-state index in [1.807, 2.05) is 0 Å². The van der Waals surface area contributed by atoms with Crippen molar-refractivity contribution in [3.63, 3.8) is 0 Å². The Bertz CT molecular complexity index is 752. The Morgan fingerprint density at radius 2 is 1.66 bits per heavy atom. The second-order valence-corrected chi connectivity index (χ2v) is 9.00. The molecule has 3 heteroatoms. The third kappa shape index (κ3) is 4.57. The molecule has 0 bridgehead atoms. The van der Waals surface area contributed by atoms with Crippen molar-refractivity contribution in [3.8, 4) is 0 Å². The van der Waals surface area contributed by atoms with Crippen LogP contribution in [0.1, 0.15) is 56.6 Å². The zero-order chi connectivity index (χ0) is 20.1. The first-order chi connectivity index (χ1) is 14.2. The minimum atomic E-state index is -0.125. The summed E-state index contributed by atoms with van der Waals surface area (Å²) in [6.07, 6.45) is 7.54. The van der Waals surface area contributed by atoms with Gasteiger partial charge in [-0.15, -0.1) is 0 Å². The van der Waals surface area contributed by atoms with Crippen LogP contribution in [0.25, 0.3) is 0 Å². The van der Waals surface area contributed by atoms with Crippen LogP contribution in [0.2, 0.25) is 0 Å². The van der Waals surface area contributed by atoms with Gasteiger partial charge < -0.3 is 0 Å². The molecule has 1 aliphatic carbocycles. The van der Waals surface area contributed by atoms with Gasteiger partial charge in [0, 0.05) is 37.6 Å². The number of rotatable bonds is 6. The Morgan fingerprint density at radius 3 is 2.34 bits per heavy atom. The topological polar surface area (TPSA) is 6.48 Å². The van der Waals surface area contributed by atoms with E-state index in [0.29, 0.717) is 6.04 Å². The summed E-state index contributed by atoms with van der Waals surface area (Å²) in [5.41, 5.74) is 2.90. The predicted octanol–water partition coefficient (Wildman–Crippen LogP) is 5.62. The van der Waals surface area contributed by atoms with Crippen LogP contribution in [-0.4, -0.2) is 42.0 Å². The van der Waals surface area contributed by atoms with E-state index >= 15 is 0 Å². The lowest BCUT2D eigenvalue weighted by Gasteiger charge is -2.53. The molecule has 1 heterocycles. The fourth-order valence-corrected chi connectivity index (χ4v) is 5.72. The maximum absolute atomic E-state index is 13.7. The minimum Gasteiger partial charge on any atom is -0.297 e. The summed E-state index contributed by atoms with van der Waals surface area (Å²) in [5, 5.41) is 0. The molecule has 1 unspecified atom stereocenters. The van der Waals surface area contributed by atoms with Crippen LogP contribution in [0, 0.1) is 5.82 Å². The molecule has 1 atom stereocenters. The number of hydrogen-bond donors (Lipinski definition) is 0. The normalized spacial score (nSPS) is 23.2. The number of hydrogen-bond acceptors (Lipinski definition) is 2. The highest BCUT2D eigenvalue weighted by Crippen LogP contribution is 2.45. The quantitative estimate of drug-likeness (QED) is 0.627. The van der Waals surface area contributed by atoms with Gasteiger partial charge in [-0.25, -0.2) is 4.39 Å². The van der Waals surface area contributed by atoms with Crippen molar-refractivity contribution < 1.29 is 4.39 Å². The molecule has 0 aromatic heterocycles. The second kappa shape index (κ2) is 9.40. The molecule has 2 nitrogen and oxygen atoms in total. The van der Waals surface area contributed by atoms with Crippen LogP contribution in [0.3, 0.4) is 0 Å². The summed E-state index contributed by atoms with van der Waals surface area (Å²) >= 11 is 0. The number of piperazine rings is 1. The highest BCUT2D eigenvalue weighted by atomic mass is 19.1. The van der Waals surface area contributed by atoms with Gasteiger partial charge in [-0.3, -0.25) is 9.80 Å². The lowest BCUT2D eigenvalue weighted by molar-refractivity contribution is 0.00951. The van der Waals surface area contributed by atoms with Crippen LogP contribution < -0.4 is 0 Å². The van der Waals surface area contributed by atoms with Gasteiger partial charge in [0.25, 0.3) is 0 Å². The smallest absolute Gasteiger partial charge is 0.123 e. The first-order valence-corrected chi connectivity index (χ1v) is 11.5. The zero-order valence-corrected chi connectivity index (χ0v) is 17.8. The van der Waals surface area contributed by atoms with E-state index in [4.69, 9.17) is 0 Å². The summed E-state index contributed by atoms with van der Waals surface area (Å²) in [7, 11) is 0. The molecule has 2 fully saturated rings. The lowest BCUT2D eigenvalue weighted by Crippen LogP contribution is -2.61. The maximum Gasteiger partial charge on any atom is 0.123 e. The van der Waals surface area contributed by atoms with Gasteiger partial charge in [0.15, 0.2) is 0 Å². The van der Waals surface area contributed by atoms with Crippen LogP contribution in [0.15, 0.2) is 54.6 Å². The van der Waals surface area contributed by atoms with Gasteiger partial charge >= 0.3 is 0 Å². The molecular weight excluding hydrogens is 359 g/mol. The molecule has 156 valence electrons. The van der Waals surface area contributed by atoms with Gasteiger partial charge in [0.1, 0.15) is 5.82 Å². The maximum atomic E-state index is 13.7. The van der Waals surface area contributed by atoms with Crippen molar-refractivity contribution >= 4 is 0 Å². The predicted molar refractivity (Wildman–Crippen MR) is 119 cm³/mol. The average molecular weight is 395 g/mol. The number of nitrogens with zero attached hydrogens (tertiary/aromatic N) is 2. The molecular formula is C26H35FN2. The third-order valence-electron chi connectivity index (χ3n) is 7.14. The van der Waals surface area contributed by atoms with E-state index in [0.717, 1.165) is 32.7 Å². The molecule has 2 aromatic rings. The van der Waals surface area contributed by atoms with E-state index in [-0.39, 0.29) is 11.2 Å². The van der Waals surface area contributed by atoms with Crippen LogP contribution in [0.4, 0.5) is 4.39 Å². The Balaban J connectivity index is 1.64. The van der Waals surface area contributed by atoms with Crippen LogP contribution in [-0.2, 0) is 12.0 Å². The van der Waals surface area contributed by atoms with Crippen molar-refractivity contribution in [1.29, 1.82) is 0 Å². The molecule has 2 aromatic carbocycles. The summed E-state index contributed by atoms with van der Waals surface area (Å²) in [6.45, 7) is 7.84. The Morgan fingerprint density at radius 1 is 0.931 bits per heavy atom. The Kier molecular flexibility index (Phi) is 6.67. The highest BCUT2D eigenvalue weighted by Gasteiger charge is 2.45. The molecule has 0 N–H and O–H groups in total. The van der Waals surface area contributed by atoms with E-state index in [2.05, 4.69) is 59.2 Å². The summed E-state index contributed by atoms with van der Waals surface area (Å²) in [6, 6.07) is 18.8. The molecule has 1 aliphatic heterocycles. The highest BCUT2D eigenvalue weighted by molar-refractivity contribution is 5.30. The second-order valence-electron chi connectivity index (χ2n) is 9.00. The first-order valence-electron chi connectivity index (χ1n) is 11.5. The van der Waals surface area contributed by atoms with E-state index in [1.165, 1.54) is 49.7 Å². The largest absolute Gasteiger partial charge is 0.297 e. The van der Waals surface area contributed by atoms with Gasteiger partial charge in [-0.05, 0) is 49.1 Å². The van der Waals surface area contributed by atoms with Gasteiger partial charge in [-0.1, -0.05) is 68.7 Å². The van der Waals surface area contributed by atoms with Crippen molar-refractivity contribution in [2.75, 3.05) is 26.2 Å². The Hall–Kier alpha value is -1.71. The molecule has 0 radical (unpaired) electrons. The van der Waals surface area contributed by atoms with E-state index < -0.39 is 0 Å². The lowest BCUT2D eigenvalue weighted by atomic mass is 9.63. The average Bonchev–Trinajstić information content (AvgIpc) is 2.77. The summed E-state index contributed by atoms with van der Waals surface area (Å²) in [5.74, 6) is -0.125. The zero-order valence-electron chi connectivity index (χ0n) is 17.8. The minimum absolute atomic E-state index is 0.125. The number of halogens is 1. The van der Waals surface area contributed by atoms with E-state index in [1.54, 1.807) is 12.1 Å².